The lowest BCUT2D eigenvalue weighted by molar-refractivity contribution is -0.120. The van der Waals surface area contributed by atoms with E-state index in [0.717, 1.165) is 10.9 Å². The highest BCUT2D eigenvalue weighted by molar-refractivity contribution is 6.08. The monoisotopic (exact) mass is 274 g/mol. The summed E-state index contributed by atoms with van der Waals surface area (Å²) in [5, 5.41) is 6.04. The van der Waals surface area contributed by atoms with E-state index < -0.39 is 0 Å². The predicted octanol–water partition coefficient (Wildman–Crippen LogP) is 1.00. The highest BCUT2D eigenvalue weighted by Gasteiger charge is 2.13. The fourth-order valence-corrected chi connectivity index (χ4v) is 1.95. The first-order valence-corrected chi connectivity index (χ1v) is 6.41. The second kappa shape index (κ2) is 5.64. The molecule has 2 rings (SSSR count). The summed E-state index contributed by atoms with van der Waals surface area (Å²) in [6.07, 6.45) is 1.61. The van der Waals surface area contributed by atoms with Gasteiger partial charge in [0.15, 0.2) is 0 Å². The number of benzene rings is 1. The molecule has 0 aliphatic heterocycles. The summed E-state index contributed by atoms with van der Waals surface area (Å²) in [4.78, 5) is 26.6. The molecule has 2 aromatic rings. The molecular formula is C14H18N4O2. The van der Waals surface area contributed by atoms with E-state index in [0.29, 0.717) is 11.3 Å². The Labute approximate surface area is 116 Å². The van der Waals surface area contributed by atoms with Crippen LogP contribution in [-0.4, -0.2) is 29.4 Å². The molecule has 1 aromatic heterocycles. The van der Waals surface area contributed by atoms with Gasteiger partial charge in [-0.2, -0.15) is 0 Å². The molecule has 0 aliphatic carbocycles. The minimum absolute atomic E-state index is 0.0484. The molecule has 1 heterocycles. The zero-order valence-corrected chi connectivity index (χ0v) is 11.5. The largest absolute Gasteiger partial charge is 0.399 e. The Morgan fingerprint density at radius 2 is 2.10 bits per heavy atom. The molecule has 0 unspecified atom stereocenters. The number of carbonyl (C=O) groups excluding carboxylic acids is 2. The standard InChI is InChI=1S/C14H18N4O2/c1-8(2)18-13(19)7-17-14(20)11-6-16-12-4-3-9(15)5-10(11)12/h3-6,8,16H,7,15H2,1-2H3,(H,17,20)(H,18,19). The maximum absolute atomic E-state index is 12.1. The summed E-state index contributed by atoms with van der Waals surface area (Å²) < 4.78 is 0. The number of fused-ring (bicyclic) bond motifs is 1. The second-order valence-corrected chi connectivity index (χ2v) is 4.91. The van der Waals surface area contributed by atoms with Gasteiger partial charge in [0.1, 0.15) is 0 Å². The van der Waals surface area contributed by atoms with Gasteiger partial charge in [-0.3, -0.25) is 9.59 Å². The molecule has 0 atom stereocenters. The third-order valence-corrected chi connectivity index (χ3v) is 2.81. The fraction of sp³-hybridized carbons (Fsp3) is 0.286. The van der Waals surface area contributed by atoms with E-state index in [1.807, 2.05) is 19.9 Å². The van der Waals surface area contributed by atoms with Crippen LogP contribution in [0.1, 0.15) is 24.2 Å². The van der Waals surface area contributed by atoms with Gasteiger partial charge in [-0.25, -0.2) is 0 Å². The molecule has 0 spiro atoms. The number of carbonyl (C=O) groups is 2. The summed E-state index contributed by atoms with van der Waals surface area (Å²) in [6, 6.07) is 5.35. The van der Waals surface area contributed by atoms with E-state index in [2.05, 4.69) is 15.6 Å². The summed E-state index contributed by atoms with van der Waals surface area (Å²) in [5.74, 6) is -0.520. The molecular weight excluding hydrogens is 256 g/mol. The van der Waals surface area contributed by atoms with Crippen molar-refractivity contribution >= 4 is 28.4 Å². The van der Waals surface area contributed by atoms with Crippen molar-refractivity contribution < 1.29 is 9.59 Å². The van der Waals surface area contributed by atoms with Crippen LogP contribution in [0.3, 0.4) is 0 Å². The van der Waals surface area contributed by atoms with Crippen molar-refractivity contribution in [1.29, 1.82) is 0 Å². The number of aromatic amines is 1. The second-order valence-electron chi connectivity index (χ2n) is 4.91. The van der Waals surface area contributed by atoms with Crippen molar-refractivity contribution in [3.63, 3.8) is 0 Å². The summed E-state index contributed by atoms with van der Waals surface area (Å²) in [5.41, 5.74) is 7.61. The van der Waals surface area contributed by atoms with Gasteiger partial charge in [0.2, 0.25) is 5.91 Å². The van der Waals surface area contributed by atoms with Gasteiger partial charge in [-0.15, -0.1) is 0 Å². The lowest BCUT2D eigenvalue weighted by atomic mass is 10.1. The number of rotatable bonds is 4. The molecule has 1 aromatic carbocycles. The maximum Gasteiger partial charge on any atom is 0.253 e. The van der Waals surface area contributed by atoms with Crippen LogP contribution in [0.15, 0.2) is 24.4 Å². The van der Waals surface area contributed by atoms with Crippen molar-refractivity contribution in [3.05, 3.63) is 30.0 Å². The normalized spacial score (nSPS) is 10.8. The number of hydrogen-bond donors (Lipinski definition) is 4. The number of H-pyrrole nitrogens is 1. The average molecular weight is 274 g/mol. The van der Waals surface area contributed by atoms with Crippen LogP contribution in [0, 0.1) is 0 Å². The highest BCUT2D eigenvalue weighted by Crippen LogP contribution is 2.20. The first kappa shape index (κ1) is 13.9. The molecule has 0 bridgehead atoms. The lowest BCUT2D eigenvalue weighted by Gasteiger charge is -2.09. The summed E-state index contributed by atoms with van der Waals surface area (Å²) in [6.45, 7) is 3.68. The SMILES string of the molecule is CC(C)NC(=O)CNC(=O)c1c[nH]c2ccc(N)cc12. The Bertz CT molecular complexity index is 646. The lowest BCUT2D eigenvalue weighted by Crippen LogP contribution is -2.39. The number of anilines is 1. The third-order valence-electron chi connectivity index (χ3n) is 2.81. The number of hydrogen-bond acceptors (Lipinski definition) is 3. The third kappa shape index (κ3) is 3.09. The van der Waals surface area contributed by atoms with Crippen LogP contribution in [0.2, 0.25) is 0 Å². The zero-order valence-electron chi connectivity index (χ0n) is 11.5. The van der Waals surface area contributed by atoms with Crippen molar-refractivity contribution in [2.24, 2.45) is 0 Å². The average Bonchev–Trinajstić information content (AvgIpc) is 2.78. The van der Waals surface area contributed by atoms with Gasteiger partial charge in [0.05, 0.1) is 12.1 Å². The molecule has 6 heteroatoms. The molecule has 6 nitrogen and oxygen atoms in total. The fourth-order valence-electron chi connectivity index (χ4n) is 1.95. The highest BCUT2D eigenvalue weighted by atomic mass is 16.2. The Morgan fingerprint density at radius 3 is 2.80 bits per heavy atom. The first-order valence-electron chi connectivity index (χ1n) is 6.41. The van der Waals surface area contributed by atoms with E-state index in [1.54, 1.807) is 18.3 Å². The number of nitrogens with two attached hydrogens (primary N) is 1. The minimum Gasteiger partial charge on any atom is -0.399 e. The predicted molar refractivity (Wildman–Crippen MR) is 78.3 cm³/mol. The van der Waals surface area contributed by atoms with Gasteiger partial charge in [-0.05, 0) is 32.0 Å². The van der Waals surface area contributed by atoms with Crippen LogP contribution in [0.25, 0.3) is 10.9 Å². The smallest absolute Gasteiger partial charge is 0.253 e. The van der Waals surface area contributed by atoms with Gasteiger partial charge in [0.25, 0.3) is 5.91 Å². The van der Waals surface area contributed by atoms with Gasteiger partial charge < -0.3 is 21.4 Å². The van der Waals surface area contributed by atoms with E-state index in [1.165, 1.54) is 0 Å². The van der Waals surface area contributed by atoms with E-state index in [9.17, 15) is 9.59 Å². The van der Waals surface area contributed by atoms with Crippen LogP contribution in [0.4, 0.5) is 5.69 Å². The van der Waals surface area contributed by atoms with Crippen LogP contribution in [0.5, 0.6) is 0 Å². The Kier molecular flexibility index (Phi) is 3.93. The van der Waals surface area contributed by atoms with Crippen molar-refractivity contribution in [2.75, 3.05) is 12.3 Å². The van der Waals surface area contributed by atoms with Crippen molar-refractivity contribution in [2.45, 2.75) is 19.9 Å². The molecule has 20 heavy (non-hydrogen) atoms. The number of nitrogens with one attached hydrogen (secondary N) is 3. The molecule has 0 aliphatic rings. The molecule has 0 saturated heterocycles. The maximum atomic E-state index is 12.1. The summed E-state index contributed by atoms with van der Waals surface area (Å²) >= 11 is 0. The van der Waals surface area contributed by atoms with E-state index in [-0.39, 0.29) is 24.4 Å². The Morgan fingerprint density at radius 1 is 1.35 bits per heavy atom. The summed E-state index contributed by atoms with van der Waals surface area (Å²) in [7, 11) is 0. The Hall–Kier alpha value is -2.50. The zero-order chi connectivity index (χ0) is 14.7. The molecule has 5 N–H and O–H groups in total. The number of nitrogen functional groups attached to an aromatic ring is 1. The van der Waals surface area contributed by atoms with E-state index in [4.69, 9.17) is 5.73 Å². The minimum atomic E-state index is -0.305. The number of aromatic nitrogens is 1. The van der Waals surface area contributed by atoms with Crippen LogP contribution in [-0.2, 0) is 4.79 Å². The molecule has 0 fully saturated rings. The van der Waals surface area contributed by atoms with Crippen molar-refractivity contribution in [1.82, 2.24) is 15.6 Å². The van der Waals surface area contributed by atoms with Gasteiger partial charge in [-0.1, -0.05) is 0 Å². The van der Waals surface area contributed by atoms with Crippen LogP contribution >= 0.6 is 0 Å². The topological polar surface area (TPSA) is 100 Å². The van der Waals surface area contributed by atoms with Crippen molar-refractivity contribution in [3.8, 4) is 0 Å². The van der Waals surface area contributed by atoms with Crippen LogP contribution < -0.4 is 16.4 Å². The molecule has 0 saturated carbocycles. The van der Waals surface area contributed by atoms with E-state index >= 15 is 0 Å². The Balaban J connectivity index is 2.08. The quantitative estimate of drug-likeness (QED) is 0.626. The van der Waals surface area contributed by atoms with Gasteiger partial charge >= 0.3 is 0 Å². The number of amides is 2. The molecule has 2 amide bonds. The molecule has 106 valence electrons. The molecule has 0 radical (unpaired) electrons. The first-order chi connectivity index (χ1) is 9.47. The van der Waals surface area contributed by atoms with Gasteiger partial charge in [0, 0.05) is 28.8 Å².